The number of nitrogens with one attached hydrogen (secondary N) is 1. The van der Waals surface area contributed by atoms with E-state index < -0.39 is 0 Å². The highest BCUT2D eigenvalue weighted by Gasteiger charge is 2.13. The second kappa shape index (κ2) is 6.59. The monoisotopic (exact) mass is 388 g/mol. The summed E-state index contributed by atoms with van der Waals surface area (Å²) in [5.41, 5.74) is 10.2. The molecule has 144 valence electrons. The number of aromatic nitrogens is 5. The molecule has 5 rings (SSSR count). The number of pyridine rings is 1. The van der Waals surface area contributed by atoms with Gasteiger partial charge < -0.3 is 15.5 Å². The number of ether oxygens (including phenoxy) is 1. The summed E-state index contributed by atoms with van der Waals surface area (Å²) in [4.78, 5) is 12.0. The number of nitrogens with zero attached hydrogens (tertiary/aromatic N) is 4. The lowest BCUT2D eigenvalue weighted by molar-refractivity contribution is 0.307. The Labute approximate surface area is 165 Å². The van der Waals surface area contributed by atoms with Gasteiger partial charge in [0, 0.05) is 23.3 Å². The predicted molar refractivity (Wildman–Crippen MR) is 108 cm³/mol. The molecule has 0 saturated carbocycles. The standard InChI is InChI=1S/C21H17FN6O/c1-12-25-17-8-14(19(10-18(17)26-12)28-6-2-5-24-28)11-29-20-9-13-7-15(22)3-4-16(13)27-21(20)23/h2-10H,11H2,1H3,(H2,23,27)(H,25,26). The third-order valence-electron chi connectivity index (χ3n) is 4.70. The quantitative estimate of drug-likeness (QED) is 0.487. The van der Waals surface area contributed by atoms with Gasteiger partial charge in [-0.05, 0) is 49.4 Å². The number of hydrogen-bond acceptors (Lipinski definition) is 5. The van der Waals surface area contributed by atoms with E-state index in [4.69, 9.17) is 10.5 Å². The second-order valence-electron chi connectivity index (χ2n) is 6.77. The summed E-state index contributed by atoms with van der Waals surface area (Å²) >= 11 is 0. The first kappa shape index (κ1) is 17.2. The van der Waals surface area contributed by atoms with E-state index >= 15 is 0 Å². The topological polar surface area (TPSA) is 94.6 Å². The summed E-state index contributed by atoms with van der Waals surface area (Å²) in [7, 11) is 0. The Morgan fingerprint density at radius 3 is 2.86 bits per heavy atom. The van der Waals surface area contributed by atoms with Crippen LogP contribution in [0.25, 0.3) is 27.6 Å². The molecule has 7 nitrogen and oxygen atoms in total. The van der Waals surface area contributed by atoms with E-state index in [-0.39, 0.29) is 18.2 Å². The number of nitrogens with two attached hydrogens (primary N) is 1. The highest BCUT2D eigenvalue weighted by Crippen LogP contribution is 2.28. The van der Waals surface area contributed by atoms with Gasteiger partial charge >= 0.3 is 0 Å². The number of halogens is 1. The molecular weight excluding hydrogens is 371 g/mol. The number of aromatic amines is 1. The van der Waals surface area contributed by atoms with Crippen LogP contribution in [0.15, 0.2) is 54.9 Å². The zero-order valence-electron chi connectivity index (χ0n) is 15.6. The molecule has 0 unspecified atom stereocenters. The lowest BCUT2D eigenvalue weighted by Gasteiger charge is -2.13. The smallest absolute Gasteiger partial charge is 0.166 e. The van der Waals surface area contributed by atoms with E-state index in [9.17, 15) is 4.39 Å². The number of imidazole rings is 1. The van der Waals surface area contributed by atoms with Crippen LogP contribution in [-0.4, -0.2) is 24.7 Å². The number of benzene rings is 2. The fourth-order valence-corrected chi connectivity index (χ4v) is 3.37. The van der Waals surface area contributed by atoms with Crippen molar-refractivity contribution in [2.24, 2.45) is 0 Å². The van der Waals surface area contributed by atoms with Gasteiger partial charge in [-0.3, -0.25) is 0 Å². The summed E-state index contributed by atoms with van der Waals surface area (Å²) in [6.45, 7) is 2.14. The molecule has 0 saturated heterocycles. The molecule has 5 aromatic rings. The zero-order valence-corrected chi connectivity index (χ0v) is 15.6. The van der Waals surface area contributed by atoms with E-state index in [1.54, 1.807) is 23.0 Å². The molecular formula is C21H17FN6O. The first-order valence-corrected chi connectivity index (χ1v) is 9.05. The molecule has 0 atom stereocenters. The van der Waals surface area contributed by atoms with Gasteiger partial charge in [0.25, 0.3) is 0 Å². The van der Waals surface area contributed by atoms with Gasteiger partial charge in [0.1, 0.15) is 18.2 Å². The van der Waals surface area contributed by atoms with Crippen molar-refractivity contribution in [2.45, 2.75) is 13.5 Å². The maximum Gasteiger partial charge on any atom is 0.166 e. The normalized spacial score (nSPS) is 11.4. The minimum atomic E-state index is -0.337. The van der Waals surface area contributed by atoms with Crippen molar-refractivity contribution in [1.82, 2.24) is 24.7 Å². The Balaban J connectivity index is 1.54. The van der Waals surface area contributed by atoms with E-state index in [0.717, 1.165) is 28.1 Å². The van der Waals surface area contributed by atoms with Gasteiger partial charge in [-0.1, -0.05) is 0 Å². The SMILES string of the molecule is Cc1nc2cc(-n3cccn3)c(COc3cc4cc(F)ccc4nc3N)cc2[nH]1. The molecule has 2 aromatic carbocycles. The van der Waals surface area contributed by atoms with Gasteiger partial charge in [-0.25, -0.2) is 19.0 Å². The number of H-pyrrole nitrogens is 1. The number of anilines is 1. The van der Waals surface area contributed by atoms with Crippen LogP contribution in [0.1, 0.15) is 11.4 Å². The first-order chi connectivity index (χ1) is 14.1. The number of fused-ring (bicyclic) bond motifs is 2. The molecule has 3 heterocycles. The van der Waals surface area contributed by atoms with E-state index in [1.807, 2.05) is 31.3 Å². The second-order valence-corrected chi connectivity index (χ2v) is 6.77. The van der Waals surface area contributed by atoms with Crippen molar-refractivity contribution < 1.29 is 9.13 Å². The van der Waals surface area contributed by atoms with E-state index in [2.05, 4.69) is 20.1 Å². The Bertz CT molecular complexity index is 1340. The molecule has 0 fully saturated rings. The maximum absolute atomic E-state index is 13.6. The van der Waals surface area contributed by atoms with Crippen molar-refractivity contribution >= 4 is 27.8 Å². The van der Waals surface area contributed by atoms with Crippen LogP contribution in [-0.2, 0) is 6.61 Å². The molecule has 0 aliphatic rings. The lowest BCUT2D eigenvalue weighted by atomic mass is 10.1. The molecule has 29 heavy (non-hydrogen) atoms. The highest BCUT2D eigenvalue weighted by atomic mass is 19.1. The van der Waals surface area contributed by atoms with Crippen molar-refractivity contribution in [3.8, 4) is 11.4 Å². The van der Waals surface area contributed by atoms with Gasteiger partial charge in [-0.2, -0.15) is 5.10 Å². The Hall–Kier alpha value is -3.94. The first-order valence-electron chi connectivity index (χ1n) is 9.05. The number of nitrogen functional groups attached to an aromatic ring is 1. The third kappa shape index (κ3) is 3.14. The van der Waals surface area contributed by atoms with Crippen molar-refractivity contribution in [1.29, 1.82) is 0 Å². The average Bonchev–Trinajstić information content (AvgIpc) is 3.34. The Morgan fingerprint density at radius 2 is 2.03 bits per heavy atom. The van der Waals surface area contributed by atoms with E-state index in [1.165, 1.54) is 12.1 Å². The molecule has 3 N–H and O–H groups in total. The molecule has 0 spiro atoms. The summed E-state index contributed by atoms with van der Waals surface area (Å²) in [5.74, 6) is 1.14. The summed E-state index contributed by atoms with van der Waals surface area (Å²) < 4.78 is 21.3. The fraction of sp³-hybridized carbons (Fsp3) is 0.0952. The summed E-state index contributed by atoms with van der Waals surface area (Å²) in [6, 6.07) is 11.8. The summed E-state index contributed by atoms with van der Waals surface area (Å²) in [6.07, 6.45) is 3.57. The number of rotatable bonds is 4. The van der Waals surface area contributed by atoms with Crippen LogP contribution < -0.4 is 10.5 Å². The lowest BCUT2D eigenvalue weighted by Crippen LogP contribution is -2.06. The molecule has 0 radical (unpaired) electrons. The molecule has 0 aliphatic carbocycles. The van der Waals surface area contributed by atoms with Gasteiger partial charge in [0.2, 0.25) is 0 Å². The van der Waals surface area contributed by atoms with E-state index in [0.29, 0.717) is 16.7 Å². The maximum atomic E-state index is 13.6. The molecule has 0 bridgehead atoms. The summed E-state index contributed by atoms with van der Waals surface area (Å²) in [5, 5.41) is 4.95. The van der Waals surface area contributed by atoms with Gasteiger partial charge in [0.05, 0.1) is 22.2 Å². The fourth-order valence-electron chi connectivity index (χ4n) is 3.37. The molecule has 3 aromatic heterocycles. The van der Waals surface area contributed by atoms with Crippen molar-refractivity contribution in [3.05, 3.63) is 72.1 Å². The zero-order chi connectivity index (χ0) is 20.0. The number of aryl methyl sites for hydroxylation is 1. The molecule has 0 amide bonds. The van der Waals surface area contributed by atoms with Crippen LogP contribution in [0.2, 0.25) is 0 Å². The van der Waals surface area contributed by atoms with Crippen molar-refractivity contribution in [3.63, 3.8) is 0 Å². The minimum Gasteiger partial charge on any atom is -0.485 e. The molecule has 0 aliphatic heterocycles. The minimum absolute atomic E-state index is 0.232. The van der Waals surface area contributed by atoms with Crippen LogP contribution >= 0.6 is 0 Å². The van der Waals surface area contributed by atoms with Crippen molar-refractivity contribution in [2.75, 3.05) is 5.73 Å². The Morgan fingerprint density at radius 1 is 1.14 bits per heavy atom. The van der Waals surface area contributed by atoms with Crippen LogP contribution in [0, 0.1) is 12.7 Å². The predicted octanol–water partition coefficient (Wildman–Crippen LogP) is 3.91. The molecule has 8 heteroatoms. The average molecular weight is 388 g/mol. The van der Waals surface area contributed by atoms with Crippen LogP contribution in [0.3, 0.4) is 0 Å². The third-order valence-corrected chi connectivity index (χ3v) is 4.70. The van der Waals surface area contributed by atoms with Gasteiger partial charge in [-0.15, -0.1) is 0 Å². The highest BCUT2D eigenvalue weighted by molar-refractivity contribution is 5.83. The number of hydrogen-bond donors (Lipinski definition) is 2. The Kier molecular flexibility index (Phi) is 3.90. The van der Waals surface area contributed by atoms with Crippen LogP contribution in [0.5, 0.6) is 5.75 Å². The largest absolute Gasteiger partial charge is 0.485 e. The van der Waals surface area contributed by atoms with Gasteiger partial charge in [0.15, 0.2) is 11.6 Å². The van der Waals surface area contributed by atoms with Crippen LogP contribution in [0.4, 0.5) is 10.2 Å².